The largest absolute Gasteiger partial charge is 0.481 e. The number of alkyl carbamates (subject to hydrolysis) is 1. The number of hydrogen-bond acceptors (Lipinski definition) is 5. The highest BCUT2D eigenvalue weighted by Gasteiger charge is 2.30. The Kier molecular flexibility index (Phi) is 5.88. The van der Waals surface area contributed by atoms with Crippen molar-refractivity contribution < 1.29 is 24.2 Å². The van der Waals surface area contributed by atoms with Crippen molar-refractivity contribution in [3.05, 3.63) is 83.9 Å². The first-order chi connectivity index (χ1) is 17.0. The van der Waals surface area contributed by atoms with E-state index < -0.39 is 30.4 Å². The van der Waals surface area contributed by atoms with Crippen LogP contribution in [-0.2, 0) is 14.3 Å². The summed E-state index contributed by atoms with van der Waals surface area (Å²) in [5, 5.41) is 14.2. The molecule has 1 atom stereocenters. The molecule has 35 heavy (non-hydrogen) atoms. The van der Waals surface area contributed by atoms with Crippen LogP contribution in [0.15, 0.2) is 72.8 Å². The van der Waals surface area contributed by atoms with Crippen LogP contribution in [0.3, 0.4) is 0 Å². The van der Waals surface area contributed by atoms with Gasteiger partial charge in [-0.3, -0.25) is 14.9 Å². The molecule has 1 aliphatic rings. The maximum Gasteiger partial charge on any atom is 0.407 e. The summed E-state index contributed by atoms with van der Waals surface area (Å²) in [6.45, 7) is 0.0465. The zero-order valence-electron chi connectivity index (χ0n) is 18.5. The topological polar surface area (TPSA) is 133 Å². The maximum atomic E-state index is 12.7. The fraction of sp³-hybridized carbons (Fsp3) is 0.154. The maximum absolute atomic E-state index is 12.7. The molecule has 9 heteroatoms. The van der Waals surface area contributed by atoms with Crippen molar-refractivity contribution in [3.8, 4) is 11.1 Å². The van der Waals surface area contributed by atoms with Crippen LogP contribution < -0.4 is 10.6 Å². The zero-order chi connectivity index (χ0) is 24.4. The Bertz CT molecular complexity index is 1350. The van der Waals surface area contributed by atoms with Crippen molar-refractivity contribution >= 4 is 35.0 Å². The number of carboxylic acids is 1. The summed E-state index contributed by atoms with van der Waals surface area (Å²) in [6.07, 6.45) is -1.49. The number of carbonyl (C=O) groups excluding carboxylic acids is 2. The van der Waals surface area contributed by atoms with Gasteiger partial charge in [-0.25, -0.2) is 9.78 Å². The standard InChI is InChI=1S/C26H22N4O5/c31-23(32)13-22(24(33)30-25-27-20-11-5-6-12-21(20)28-25)29-26(34)35-14-19-17-9-3-1-7-15(17)16-8-2-4-10-18(16)19/h1-12,19,22H,13-14H2,(H,29,34)(H,31,32)(H2,27,28,30,33). The minimum Gasteiger partial charge on any atom is -0.481 e. The van der Waals surface area contributed by atoms with E-state index in [0.717, 1.165) is 22.3 Å². The fourth-order valence-corrected chi connectivity index (χ4v) is 4.38. The summed E-state index contributed by atoms with van der Waals surface area (Å²) < 4.78 is 5.45. The summed E-state index contributed by atoms with van der Waals surface area (Å²) in [7, 11) is 0. The molecule has 1 aliphatic carbocycles. The predicted molar refractivity (Wildman–Crippen MR) is 129 cm³/mol. The number of nitrogens with one attached hydrogen (secondary N) is 3. The monoisotopic (exact) mass is 470 g/mol. The van der Waals surface area contributed by atoms with E-state index in [-0.39, 0.29) is 18.5 Å². The van der Waals surface area contributed by atoms with Crippen molar-refractivity contribution in [2.75, 3.05) is 11.9 Å². The Morgan fingerprint density at radius 3 is 2.23 bits per heavy atom. The number of para-hydroxylation sites is 2. The number of imidazole rings is 1. The van der Waals surface area contributed by atoms with Gasteiger partial charge in [-0.2, -0.15) is 0 Å². The van der Waals surface area contributed by atoms with Crippen molar-refractivity contribution in [1.29, 1.82) is 0 Å². The highest BCUT2D eigenvalue weighted by Crippen LogP contribution is 2.44. The van der Waals surface area contributed by atoms with Crippen molar-refractivity contribution in [2.45, 2.75) is 18.4 Å². The van der Waals surface area contributed by atoms with Crippen LogP contribution in [0.1, 0.15) is 23.5 Å². The Hall–Kier alpha value is -4.66. The van der Waals surface area contributed by atoms with Gasteiger partial charge in [0.15, 0.2) is 0 Å². The molecule has 0 saturated carbocycles. The predicted octanol–water partition coefficient (Wildman–Crippen LogP) is 3.88. The lowest BCUT2D eigenvalue weighted by Crippen LogP contribution is -2.45. The number of aromatic amines is 1. The number of amides is 2. The molecule has 0 fully saturated rings. The first kappa shape index (κ1) is 22.1. The minimum atomic E-state index is -1.35. The molecule has 5 rings (SSSR count). The average molecular weight is 470 g/mol. The molecule has 4 N–H and O–H groups in total. The van der Waals surface area contributed by atoms with E-state index in [4.69, 9.17) is 4.74 Å². The zero-order valence-corrected chi connectivity index (χ0v) is 18.5. The smallest absolute Gasteiger partial charge is 0.407 e. The van der Waals surface area contributed by atoms with Crippen molar-refractivity contribution in [1.82, 2.24) is 15.3 Å². The van der Waals surface area contributed by atoms with Gasteiger partial charge in [0.05, 0.1) is 17.5 Å². The van der Waals surface area contributed by atoms with Gasteiger partial charge in [0, 0.05) is 5.92 Å². The van der Waals surface area contributed by atoms with Gasteiger partial charge in [-0.1, -0.05) is 60.7 Å². The molecule has 0 bridgehead atoms. The molecule has 9 nitrogen and oxygen atoms in total. The van der Waals surface area contributed by atoms with Crippen LogP contribution >= 0.6 is 0 Å². The number of benzene rings is 3. The number of anilines is 1. The highest BCUT2D eigenvalue weighted by atomic mass is 16.5. The van der Waals surface area contributed by atoms with Crippen LogP contribution in [0.2, 0.25) is 0 Å². The SMILES string of the molecule is O=C(O)CC(NC(=O)OCC1c2ccccc2-c2ccccc21)C(=O)Nc1nc2ccccc2[nH]1. The Morgan fingerprint density at radius 1 is 0.943 bits per heavy atom. The molecule has 0 aliphatic heterocycles. The number of H-pyrrole nitrogens is 1. The number of aromatic nitrogens is 2. The molecule has 3 aromatic carbocycles. The molecule has 2 amide bonds. The number of hydrogen-bond donors (Lipinski definition) is 4. The molecule has 176 valence electrons. The van der Waals surface area contributed by atoms with Crippen molar-refractivity contribution in [3.63, 3.8) is 0 Å². The molecule has 1 aromatic heterocycles. The van der Waals surface area contributed by atoms with Crippen LogP contribution in [0, 0.1) is 0 Å². The Labute approximate surface area is 200 Å². The van der Waals surface area contributed by atoms with Gasteiger partial charge in [-0.05, 0) is 34.4 Å². The fourth-order valence-electron chi connectivity index (χ4n) is 4.38. The lowest BCUT2D eigenvalue weighted by Gasteiger charge is -2.18. The third-order valence-electron chi connectivity index (χ3n) is 5.96. The molecule has 1 unspecified atom stereocenters. The molecule has 4 aromatic rings. The van der Waals surface area contributed by atoms with Crippen LogP contribution in [0.4, 0.5) is 10.7 Å². The number of fused-ring (bicyclic) bond motifs is 4. The first-order valence-electron chi connectivity index (χ1n) is 11.1. The third-order valence-corrected chi connectivity index (χ3v) is 5.96. The Morgan fingerprint density at radius 2 is 1.57 bits per heavy atom. The van der Waals surface area contributed by atoms with Gasteiger partial charge >= 0.3 is 12.1 Å². The number of ether oxygens (including phenoxy) is 1. The molecule has 0 saturated heterocycles. The van der Waals surface area contributed by atoms with Crippen LogP contribution in [-0.4, -0.2) is 45.7 Å². The first-order valence-corrected chi connectivity index (χ1v) is 11.1. The average Bonchev–Trinajstić information content (AvgIpc) is 3.40. The van der Waals surface area contributed by atoms with Crippen LogP contribution in [0.5, 0.6) is 0 Å². The van der Waals surface area contributed by atoms with E-state index >= 15 is 0 Å². The van der Waals surface area contributed by atoms with E-state index in [1.165, 1.54) is 0 Å². The van der Waals surface area contributed by atoms with E-state index in [1.54, 1.807) is 18.2 Å². The highest BCUT2D eigenvalue weighted by molar-refractivity contribution is 5.98. The second-order valence-electron chi connectivity index (χ2n) is 8.21. The number of carboxylic acid groups (broad SMARTS) is 1. The molecular weight excluding hydrogens is 448 g/mol. The summed E-state index contributed by atoms with van der Waals surface area (Å²) in [5.74, 6) is -1.97. The second-order valence-corrected chi connectivity index (χ2v) is 8.21. The Balaban J connectivity index is 1.26. The van der Waals surface area contributed by atoms with E-state index in [9.17, 15) is 19.5 Å². The minimum absolute atomic E-state index is 0.0465. The van der Waals surface area contributed by atoms with Crippen LogP contribution in [0.25, 0.3) is 22.2 Å². The molecule has 0 spiro atoms. The van der Waals surface area contributed by atoms with Gasteiger partial charge in [-0.15, -0.1) is 0 Å². The van der Waals surface area contributed by atoms with Gasteiger partial charge in [0.25, 0.3) is 0 Å². The third kappa shape index (κ3) is 4.56. The number of carbonyl (C=O) groups is 3. The normalized spacial score (nSPS) is 13.0. The molecule has 0 radical (unpaired) electrons. The second kappa shape index (κ2) is 9.30. The lowest BCUT2D eigenvalue weighted by molar-refractivity contribution is -0.139. The number of rotatable bonds is 7. The van der Waals surface area contributed by atoms with Crippen molar-refractivity contribution in [2.24, 2.45) is 0 Å². The number of nitrogens with zero attached hydrogens (tertiary/aromatic N) is 1. The van der Waals surface area contributed by atoms with E-state index in [1.807, 2.05) is 54.6 Å². The van der Waals surface area contributed by atoms with E-state index in [0.29, 0.717) is 11.0 Å². The summed E-state index contributed by atoms with van der Waals surface area (Å²) in [5.41, 5.74) is 5.62. The van der Waals surface area contributed by atoms with Gasteiger partial charge in [0.2, 0.25) is 11.9 Å². The summed E-state index contributed by atoms with van der Waals surface area (Å²) >= 11 is 0. The lowest BCUT2D eigenvalue weighted by atomic mass is 9.98. The quantitative estimate of drug-likeness (QED) is 0.324. The number of aliphatic carboxylic acids is 1. The van der Waals surface area contributed by atoms with Gasteiger partial charge < -0.3 is 20.1 Å². The summed E-state index contributed by atoms with van der Waals surface area (Å²) in [6, 6.07) is 21.7. The van der Waals surface area contributed by atoms with Gasteiger partial charge in [0.1, 0.15) is 12.6 Å². The van der Waals surface area contributed by atoms with E-state index in [2.05, 4.69) is 20.6 Å². The molecular formula is C26H22N4O5. The summed E-state index contributed by atoms with van der Waals surface area (Å²) in [4.78, 5) is 43.8. The molecule has 1 heterocycles.